The normalized spacial score (nSPS) is 26.6. The Labute approximate surface area is 260 Å². The van der Waals surface area contributed by atoms with Crippen molar-refractivity contribution in [2.24, 2.45) is 0 Å². The first kappa shape index (κ1) is 35.9. The molecule has 1 spiro atoms. The number of hydrogen-bond donors (Lipinski definition) is 1. The van der Waals surface area contributed by atoms with Crippen molar-refractivity contribution < 1.29 is 74.7 Å². The van der Waals surface area contributed by atoms with Crippen molar-refractivity contribution in [3.05, 3.63) is 33.1 Å². The van der Waals surface area contributed by atoms with Crippen LogP contribution in [-0.4, -0.2) is 106 Å². The fraction of sp³-hybridized carbons (Fsp3) is 0.760. The SMILES string of the molecule is COCCOC(=O)OCOP(=O)(OCOC(=O)OCCOC)O[C@@]1(CF)O[C@@H](n2ccc(=O)[nH]c2=O)[C@]2(C)OC3(CCCC3)O[C@H]12. The summed E-state index contributed by atoms with van der Waals surface area (Å²) in [5, 5.41) is 0. The summed E-state index contributed by atoms with van der Waals surface area (Å²) in [6, 6.07) is 1.03. The second-order valence-electron chi connectivity index (χ2n) is 10.3. The molecule has 0 unspecified atom stereocenters. The molecule has 2 saturated heterocycles. The summed E-state index contributed by atoms with van der Waals surface area (Å²) in [4.78, 5) is 50.4. The van der Waals surface area contributed by atoms with Gasteiger partial charge in [-0.25, -0.2) is 36.9 Å². The van der Waals surface area contributed by atoms with Crippen molar-refractivity contribution in [1.29, 1.82) is 0 Å². The van der Waals surface area contributed by atoms with Gasteiger partial charge in [-0.1, -0.05) is 0 Å². The number of nitrogens with zero attached hydrogens (tertiary/aromatic N) is 1. The molecular weight excluding hydrogens is 650 g/mol. The maximum Gasteiger partial charge on any atom is 0.510 e. The number of methoxy groups -OCH3 is 2. The van der Waals surface area contributed by atoms with Gasteiger partial charge in [0.15, 0.2) is 18.1 Å². The zero-order valence-electron chi connectivity index (χ0n) is 25.3. The molecule has 1 aromatic heterocycles. The second kappa shape index (κ2) is 15.3. The predicted molar refractivity (Wildman–Crippen MR) is 145 cm³/mol. The molecule has 1 aromatic rings. The molecule has 0 aromatic carbocycles. The molecule has 1 saturated carbocycles. The van der Waals surface area contributed by atoms with E-state index in [1.54, 1.807) is 0 Å². The summed E-state index contributed by atoms with van der Waals surface area (Å²) in [7, 11) is -2.40. The van der Waals surface area contributed by atoms with Crippen molar-refractivity contribution in [3.8, 4) is 0 Å². The molecule has 4 rings (SSSR count). The molecule has 3 heterocycles. The van der Waals surface area contributed by atoms with E-state index in [1.165, 1.54) is 21.1 Å². The molecule has 21 heteroatoms. The van der Waals surface area contributed by atoms with Crippen LogP contribution in [0.2, 0.25) is 0 Å². The topological polar surface area (TPSA) is 217 Å². The van der Waals surface area contributed by atoms with Gasteiger partial charge in [-0.2, -0.15) is 0 Å². The number of carbonyl (C=O) groups excluding carboxylic acids is 2. The molecule has 0 amide bonds. The van der Waals surface area contributed by atoms with E-state index in [0.717, 1.165) is 16.8 Å². The summed E-state index contributed by atoms with van der Waals surface area (Å²) < 4.78 is 92.9. The van der Waals surface area contributed by atoms with E-state index in [4.69, 9.17) is 56.2 Å². The van der Waals surface area contributed by atoms with Gasteiger partial charge in [0.25, 0.3) is 5.56 Å². The number of H-pyrrole nitrogens is 1. The fourth-order valence-electron chi connectivity index (χ4n) is 5.22. The summed E-state index contributed by atoms with van der Waals surface area (Å²) in [5.74, 6) is -3.89. The lowest BCUT2D eigenvalue weighted by Crippen LogP contribution is -2.50. The van der Waals surface area contributed by atoms with Crippen molar-refractivity contribution in [2.45, 2.75) is 62.1 Å². The molecule has 3 fully saturated rings. The number of nitrogens with one attached hydrogen (secondary N) is 1. The number of ether oxygens (including phenoxy) is 9. The van der Waals surface area contributed by atoms with Crippen molar-refractivity contribution in [3.63, 3.8) is 0 Å². The number of carbonyl (C=O) groups is 2. The van der Waals surface area contributed by atoms with E-state index in [9.17, 15) is 23.7 Å². The zero-order valence-corrected chi connectivity index (χ0v) is 26.2. The Morgan fingerprint density at radius 2 is 1.57 bits per heavy atom. The molecule has 19 nitrogen and oxygen atoms in total. The number of halogens is 1. The lowest BCUT2D eigenvalue weighted by Gasteiger charge is -2.34. The van der Waals surface area contributed by atoms with Gasteiger partial charge in [-0.15, -0.1) is 0 Å². The Morgan fingerprint density at radius 3 is 2.09 bits per heavy atom. The Balaban J connectivity index is 1.61. The largest absolute Gasteiger partial charge is 0.510 e. The van der Waals surface area contributed by atoms with Gasteiger partial charge in [0.05, 0.1) is 13.2 Å². The van der Waals surface area contributed by atoms with Crippen LogP contribution < -0.4 is 11.2 Å². The number of phosphoric acid groups is 1. The van der Waals surface area contributed by atoms with Crippen LogP contribution in [-0.2, 0) is 60.8 Å². The Morgan fingerprint density at radius 1 is 0.978 bits per heavy atom. The van der Waals surface area contributed by atoms with Crippen LogP contribution in [0.3, 0.4) is 0 Å². The first-order valence-corrected chi connectivity index (χ1v) is 15.5. The van der Waals surface area contributed by atoms with E-state index < -0.39 is 81.2 Å². The number of aromatic amines is 1. The van der Waals surface area contributed by atoms with Gasteiger partial charge in [0, 0.05) is 39.3 Å². The quantitative estimate of drug-likeness (QED) is 0.114. The number of alkyl halides is 1. The monoisotopic (exact) mass is 686 g/mol. The lowest BCUT2D eigenvalue weighted by atomic mass is 9.95. The van der Waals surface area contributed by atoms with E-state index in [0.29, 0.717) is 25.7 Å². The minimum absolute atomic E-state index is 0.0537. The Bertz CT molecular complexity index is 1340. The summed E-state index contributed by atoms with van der Waals surface area (Å²) in [6.45, 7) is -2.58. The van der Waals surface area contributed by atoms with Crippen LogP contribution in [0.25, 0.3) is 0 Å². The van der Waals surface area contributed by atoms with Crippen LogP contribution in [0.15, 0.2) is 21.9 Å². The average molecular weight is 687 g/mol. The standard InChI is InChI=1S/C25H36FN2O17P/c1-23-18(42-24(44-23)7-4-5-8-24)25(14-26,43-19(23)28-9-6-17(29)27-20(28)30)45-46(33,40-15-38-21(31)36-12-10-34-2)41-16-39-22(32)37-13-11-35-3/h6,9,18-19H,4-5,7-8,10-16H2,1-3H3,(H,27,29,30)/t18-,19+,23+,25+/m0/s1. The summed E-state index contributed by atoms with van der Waals surface area (Å²) in [6.07, 6.45) is -2.22. The third-order valence-corrected chi connectivity index (χ3v) is 8.55. The van der Waals surface area contributed by atoms with Gasteiger partial charge < -0.3 is 42.6 Å². The highest BCUT2D eigenvalue weighted by atomic mass is 31.2. The van der Waals surface area contributed by atoms with Crippen LogP contribution in [0, 0.1) is 0 Å². The van der Waals surface area contributed by atoms with Crippen molar-refractivity contribution in [2.75, 3.05) is 60.9 Å². The zero-order chi connectivity index (χ0) is 33.4. The second-order valence-corrected chi connectivity index (χ2v) is 11.9. The van der Waals surface area contributed by atoms with Gasteiger partial charge in [-0.05, 0) is 19.8 Å². The highest BCUT2D eigenvalue weighted by Crippen LogP contribution is 2.63. The number of phosphoric ester groups is 1. The van der Waals surface area contributed by atoms with E-state index in [2.05, 4.69) is 4.98 Å². The fourth-order valence-corrected chi connectivity index (χ4v) is 6.32. The van der Waals surface area contributed by atoms with Crippen molar-refractivity contribution in [1.82, 2.24) is 9.55 Å². The molecule has 46 heavy (non-hydrogen) atoms. The summed E-state index contributed by atoms with van der Waals surface area (Å²) >= 11 is 0. The van der Waals surface area contributed by atoms with Gasteiger partial charge >= 0.3 is 25.8 Å². The van der Waals surface area contributed by atoms with E-state index in [-0.39, 0.29) is 26.4 Å². The van der Waals surface area contributed by atoms with Gasteiger partial charge in [-0.3, -0.25) is 14.3 Å². The van der Waals surface area contributed by atoms with Gasteiger partial charge in [0.1, 0.15) is 25.5 Å². The molecule has 260 valence electrons. The number of rotatable bonds is 16. The number of fused-ring (bicyclic) bond motifs is 1. The maximum atomic E-state index is 15.3. The number of hydrogen-bond acceptors (Lipinski definition) is 17. The van der Waals surface area contributed by atoms with Crippen LogP contribution in [0.4, 0.5) is 14.0 Å². The van der Waals surface area contributed by atoms with E-state index >= 15 is 4.39 Å². The lowest BCUT2D eigenvalue weighted by molar-refractivity contribution is -0.294. The number of aromatic nitrogens is 2. The Kier molecular flexibility index (Phi) is 11.9. The third kappa shape index (κ3) is 8.12. The molecular formula is C25H36FN2O17P. The molecule has 1 N–H and O–H groups in total. The maximum absolute atomic E-state index is 15.3. The molecule has 3 aliphatic rings. The molecule has 2 aliphatic heterocycles. The first-order valence-electron chi connectivity index (χ1n) is 14.0. The van der Waals surface area contributed by atoms with Crippen LogP contribution in [0.1, 0.15) is 38.8 Å². The average Bonchev–Trinajstić information content (AvgIpc) is 3.65. The highest BCUT2D eigenvalue weighted by molar-refractivity contribution is 7.48. The Hall–Kier alpha value is -2.94. The predicted octanol–water partition coefficient (Wildman–Crippen LogP) is 1.85. The molecule has 4 atom stereocenters. The minimum Gasteiger partial charge on any atom is -0.432 e. The van der Waals surface area contributed by atoms with Crippen LogP contribution in [0.5, 0.6) is 0 Å². The van der Waals surface area contributed by atoms with E-state index in [1.807, 2.05) is 0 Å². The highest BCUT2D eigenvalue weighted by Gasteiger charge is 2.74. The minimum atomic E-state index is -5.15. The third-order valence-electron chi connectivity index (χ3n) is 7.17. The van der Waals surface area contributed by atoms with Crippen LogP contribution >= 0.6 is 7.82 Å². The molecule has 1 aliphatic carbocycles. The summed E-state index contributed by atoms with van der Waals surface area (Å²) in [5.41, 5.74) is -3.32. The first-order chi connectivity index (χ1) is 21.9. The molecule has 0 radical (unpaired) electrons. The molecule has 0 bridgehead atoms. The smallest absolute Gasteiger partial charge is 0.432 e. The van der Waals surface area contributed by atoms with Gasteiger partial charge in [0.2, 0.25) is 19.4 Å². The van der Waals surface area contributed by atoms with Crippen molar-refractivity contribution >= 4 is 20.1 Å².